The lowest BCUT2D eigenvalue weighted by molar-refractivity contribution is 0.967. The van der Waals surface area contributed by atoms with Crippen LogP contribution in [0.15, 0.2) is 161 Å². The summed E-state index contributed by atoms with van der Waals surface area (Å²) in [7, 11) is 0. The molecule has 0 amide bonds. The van der Waals surface area contributed by atoms with Crippen molar-refractivity contribution in [3.05, 3.63) is 163 Å². The van der Waals surface area contributed by atoms with Gasteiger partial charge in [-0.1, -0.05) is 103 Å². The molecule has 3 heteroatoms. The van der Waals surface area contributed by atoms with Crippen LogP contribution in [0.3, 0.4) is 0 Å². The summed E-state index contributed by atoms with van der Waals surface area (Å²) in [5.41, 5.74) is 13.8. The second-order valence-corrected chi connectivity index (χ2v) is 12.8. The van der Waals surface area contributed by atoms with Gasteiger partial charge in [-0.3, -0.25) is 0 Å². The van der Waals surface area contributed by atoms with Gasteiger partial charge in [0.15, 0.2) is 0 Å². The number of hydrogen-bond acceptors (Lipinski definition) is 2. The van der Waals surface area contributed by atoms with Gasteiger partial charge in [0, 0.05) is 32.2 Å². The van der Waals surface area contributed by atoms with E-state index in [0.717, 1.165) is 12.8 Å². The van der Waals surface area contributed by atoms with Crippen LogP contribution in [0.1, 0.15) is 17.7 Å². The number of nitrogens with zero attached hydrogens (tertiary/aromatic N) is 2. The van der Waals surface area contributed by atoms with Gasteiger partial charge >= 0.3 is 0 Å². The average Bonchev–Trinajstić information content (AvgIpc) is 3.45. The van der Waals surface area contributed by atoms with Crippen molar-refractivity contribution in [1.82, 2.24) is 4.57 Å². The summed E-state index contributed by atoms with van der Waals surface area (Å²) in [6, 6.07) is 53.0. The number of anilines is 3. The SMILES string of the molecule is C1=Cc2c(c3cc(-c4ccc5c(c4)Sc4ccccc4N5c4ccc(-c5ccccc5)cc4)ccc3n2-c2ccccc2)CC1. The monoisotopic (exact) mass is 594 g/mol. The average molecular weight is 595 g/mol. The van der Waals surface area contributed by atoms with Crippen molar-refractivity contribution in [2.75, 3.05) is 4.90 Å². The van der Waals surface area contributed by atoms with Gasteiger partial charge in [0.1, 0.15) is 0 Å². The van der Waals surface area contributed by atoms with Gasteiger partial charge in [0.25, 0.3) is 0 Å². The van der Waals surface area contributed by atoms with Crippen molar-refractivity contribution in [3.8, 4) is 27.9 Å². The second kappa shape index (κ2) is 10.7. The lowest BCUT2D eigenvalue weighted by atomic mass is 9.97. The van der Waals surface area contributed by atoms with E-state index in [0.29, 0.717) is 0 Å². The largest absolute Gasteiger partial charge is 0.310 e. The highest BCUT2D eigenvalue weighted by molar-refractivity contribution is 7.99. The molecule has 1 aliphatic carbocycles. The second-order valence-electron chi connectivity index (χ2n) is 11.7. The summed E-state index contributed by atoms with van der Waals surface area (Å²) in [5.74, 6) is 0. The van der Waals surface area contributed by atoms with Crippen LogP contribution in [-0.4, -0.2) is 4.57 Å². The van der Waals surface area contributed by atoms with E-state index in [9.17, 15) is 0 Å². The highest BCUT2D eigenvalue weighted by atomic mass is 32.2. The Balaban J connectivity index is 1.14. The van der Waals surface area contributed by atoms with E-state index >= 15 is 0 Å². The summed E-state index contributed by atoms with van der Waals surface area (Å²) >= 11 is 1.86. The number of aromatic nitrogens is 1. The Morgan fingerprint density at radius 3 is 2.02 bits per heavy atom. The van der Waals surface area contributed by atoms with Crippen LogP contribution in [0.2, 0.25) is 0 Å². The van der Waals surface area contributed by atoms with Crippen LogP contribution >= 0.6 is 11.8 Å². The fourth-order valence-corrected chi connectivity index (χ4v) is 8.02. The molecule has 7 aromatic rings. The Labute approximate surface area is 267 Å². The Bertz CT molecular complexity index is 2230. The lowest BCUT2D eigenvalue weighted by Gasteiger charge is -2.33. The number of rotatable bonds is 4. The van der Waals surface area contributed by atoms with Gasteiger partial charge in [-0.25, -0.2) is 0 Å². The predicted octanol–water partition coefficient (Wildman–Crippen LogP) is 11.9. The fourth-order valence-electron chi connectivity index (χ4n) is 6.92. The molecule has 9 rings (SSSR count). The first-order chi connectivity index (χ1) is 22.3. The summed E-state index contributed by atoms with van der Waals surface area (Å²) in [6.07, 6.45) is 6.77. The minimum Gasteiger partial charge on any atom is -0.310 e. The maximum atomic E-state index is 2.42. The molecule has 2 nitrogen and oxygen atoms in total. The number of para-hydroxylation sites is 2. The van der Waals surface area contributed by atoms with Crippen molar-refractivity contribution < 1.29 is 0 Å². The van der Waals surface area contributed by atoms with Crippen molar-refractivity contribution in [1.29, 1.82) is 0 Å². The Hall–Kier alpha value is -5.25. The van der Waals surface area contributed by atoms with Crippen LogP contribution in [0, 0.1) is 0 Å². The molecule has 0 bridgehead atoms. The van der Waals surface area contributed by atoms with E-state index in [1.54, 1.807) is 0 Å². The van der Waals surface area contributed by atoms with Crippen LogP contribution in [0.25, 0.3) is 44.9 Å². The van der Waals surface area contributed by atoms with Crippen molar-refractivity contribution in [3.63, 3.8) is 0 Å². The third-order valence-corrected chi connectivity index (χ3v) is 10.2. The molecule has 0 saturated heterocycles. The van der Waals surface area contributed by atoms with Gasteiger partial charge in [-0.05, 0) is 107 Å². The molecule has 1 aromatic heterocycles. The van der Waals surface area contributed by atoms with Gasteiger partial charge < -0.3 is 9.47 Å². The van der Waals surface area contributed by atoms with Crippen LogP contribution < -0.4 is 4.90 Å². The molecule has 0 radical (unpaired) electrons. The van der Waals surface area contributed by atoms with Crippen LogP contribution in [0.4, 0.5) is 17.1 Å². The number of hydrogen-bond donors (Lipinski definition) is 0. The van der Waals surface area contributed by atoms with E-state index in [2.05, 4.69) is 167 Å². The standard InChI is InChI=1S/C42H30N2S/c1-3-11-29(12-4-1)30-19-23-34(24-20-30)44-39-17-9-10-18-41(39)45-42-28-32(22-26-40(42)44)31-21-25-38-36(27-31)35-15-7-8-16-37(35)43(38)33-13-5-2-6-14-33/h1-6,8-14,16-28H,7,15H2. The third kappa shape index (κ3) is 4.43. The smallest absolute Gasteiger partial charge is 0.0602 e. The van der Waals surface area contributed by atoms with E-state index in [4.69, 9.17) is 0 Å². The number of fused-ring (bicyclic) bond motifs is 5. The molecule has 0 atom stereocenters. The van der Waals surface area contributed by atoms with Crippen LogP contribution in [0.5, 0.6) is 0 Å². The number of aryl methyl sites for hydroxylation is 1. The Kier molecular flexibility index (Phi) is 6.24. The van der Waals surface area contributed by atoms with Crippen molar-refractivity contribution in [2.45, 2.75) is 22.6 Å². The fraction of sp³-hybridized carbons (Fsp3) is 0.0476. The molecule has 214 valence electrons. The summed E-state index contributed by atoms with van der Waals surface area (Å²) in [6.45, 7) is 0. The van der Waals surface area contributed by atoms with Gasteiger partial charge in [0.2, 0.25) is 0 Å². The molecule has 1 aliphatic heterocycles. The van der Waals surface area contributed by atoms with E-state index in [1.165, 1.54) is 77.0 Å². The van der Waals surface area contributed by atoms with E-state index < -0.39 is 0 Å². The molecular weight excluding hydrogens is 565 g/mol. The van der Waals surface area contributed by atoms with Crippen molar-refractivity contribution >= 4 is 45.8 Å². The zero-order valence-electron chi connectivity index (χ0n) is 24.7. The molecule has 0 N–H and O–H groups in total. The molecule has 0 spiro atoms. The molecule has 0 unspecified atom stereocenters. The van der Waals surface area contributed by atoms with E-state index in [-0.39, 0.29) is 0 Å². The van der Waals surface area contributed by atoms with Gasteiger partial charge in [-0.15, -0.1) is 0 Å². The highest BCUT2D eigenvalue weighted by Crippen LogP contribution is 2.52. The maximum absolute atomic E-state index is 2.42. The summed E-state index contributed by atoms with van der Waals surface area (Å²) < 4.78 is 2.42. The quantitative estimate of drug-likeness (QED) is 0.200. The first kappa shape index (κ1) is 26.2. The predicted molar refractivity (Wildman–Crippen MR) is 190 cm³/mol. The third-order valence-electron chi connectivity index (χ3n) is 9.06. The minimum atomic E-state index is 1.07. The molecular formula is C42H30N2S. The lowest BCUT2D eigenvalue weighted by Crippen LogP contribution is -2.14. The topological polar surface area (TPSA) is 8.17 Å². The Morgan fingerprint density at radius 2 is 1.18 bits per heavy atom. The van der Waals surface area contributed by atoms with Gasteiger partial charge in [-0.2, -0.15) is 0 Å². The molecule has 45 heavy (non-hydrogen) atoms. The normalized spacial score (nSPS) is 13.4. The maximum Gasteiger partial charge on any atom is 0.0602 e. The zero-order valence-corrected chi connectivity index (χ0v) is 25.5. The Morgan fingerprint density at radius 1 is 0.511 bits per heavy atom. The zero-order chi connectivity index (χ0) is 29.7. The summed E-state index contributed by atoms with van der Waals surface area (Å²) in [4.78, 5) is 4.95. The van der Waals surface area contributed by atoms with Gasteiger partial charge in [0.05, 0.1) is 16.9 Å². The molecule has 0 saturated carbocycles. The number of benzene rings is 6. The number of allylic oxidation sites excluding steroid dienone is 1. The first-order valence-corrected chi connectivity index (χ1v) is 16.4. The first-order valence-electron chi connectivity index (χ1n) is 15.6. The minimum absolute atomic E-state index is 1.07. The summed E-state index contributed by atoms with van der Waals surface area (Å²) in [5, 5.41) is 1.35. The molecule has 2 aliphatic rings. The molecule has 6 aromatic carbocycles. The molecule has 0 fully saturated rings. The van der Waals surface area contributed by atoms with Crippen LogP contribution in [-0.2, 0) is 6.42 Å². The van der Waals surface area contributed by atoms with Crippen molar-refractivity contribution in [2.24, 2.45) is 0 Å². The highest BCUT2D eigenvalue weighted by Gasteiger charge is 2.25. The molecule has 2 heterocycles. The van der Waals surface area contributed by atoms with E-state index in [1.807, 2.05) is 11.8 Å².